The molecule has 0 saturated carbocycles. The highest BCUT2D eigenvalue weighted by molar-refractivity contribution is 7.98. The Balaban J connectivity index is 1.62. The molecule has 7 nitrogen and oxygen atoms in total. The lowest BCUT2D eigenvalue weighted by atomic mass is 10.1. The number of aliphatic hydroxyl groups is 1. The van der Waals surface area contributed by atoms with E-state index >= 15 is 0 Å². The van der Waals surface area contributed by atoms with Crippen molar-refractivity contribution in [2.75, 3.05) is 50.5 Å². The molecule has 1 fully saturated rings. The summed E-state index contributed by atoms with van der Waals surface area (Å²) in [5.74, 6) is 1.50. The number of hydrogen-bond acceptors (Lipinski definition) is 7. The van der Waals surface area contributed by atoms with Crippen molar-refractivity contribution in [1.82, 2.24) is 14.6 Å². The molecule has 3 aromatic carbocycles. The zero-order chi connectivity index (χ0) is 30.6. The summed E-state index contributed by atoms with van der Waals surface area (Å²) in [6.07, 6.45) is -2.44. The number of thioether (sulfide) groups is 1. The second-order valence-electron chi connectivity index (χ2n) is 10.4. The van der Waals surface area contributed by atoms with Gasteiger partial charge in [-0.25, -0.2) is 4.98 Å². The Morgan fingerprint density at radius 1 is 1.07 bits per heavy atom. The average Bonchev–Trinajstić information content (AvgIpc) is 3.21. The SMILES string of the molecule is CN1CCCN(c2ccc3nc(-c4cccc(CSCCO)c4)n(N=Cc4ccc(Cl)c(C(F)(F)F)c4)c(=O)c3c2)CC1. The van der Waals surface area contributed by atoms with Gasteiger partial charge in [0.25, 0.3) is 5.56 Å². The highest BCUT2D eigenvalue weighted by atomic mass is 35.5. The maximum atomic E-state index is 14.0. The lowest BCUT2D eigenvalue weighted by Gasteiger charge is -2.23. The Bertz CT molecular complexity index is 1690. The Morgan fingerprint density at radius 3 is 2.70 bits per heavy atom. The molecule has 12 heteroatoms. The second kappa shape index (κ2) is 13.5. The molecule has 1 N–H and O–H groups in total. The Labute approximate surface area is 256 Å². The predicted octanol–water partition coefficient (Wildman–Crippen LogP) is 5.99. The largest absolute Gasteiger partial charge is 0.417 e. The summed E-state index contributed by atoms with van der Waals surface area (Å²) in [6, 6.07) is 16.6. The Kier molecular flexibility index (Phi) is 9.75. The summed E-state index contributed by atoms with van der Waals surface area (Å²) in [5.41, 5.74) is 1.71. The van der Waals surface area contributed by atoms with E-state index in [1.807, 2.05) is 42.5 Å². The third kappa shape index (κ3) is 7.41. The summed E-state index contributed by atoms with van der Waals surface area (Å²) in [7, 11) is 2.09. The quantitative estimate of drug-likeness (QED) is 0.191. The molecular formula is C31H31ClF3N5O2S. The number of nitrogens with zero attached hydrogens (tertiary/aromatic N) is 5. The van der Waals surface area contributed by atoms with Crippen LogP contribution in [0.25, 0.3) is 22.3 Å². The van der Waals surface area contributed by atoms with Gasteiger partial charge in [0, 0.05) is 42.4 Å². The van der Waals surface area contributed by atoms with E-state index in [0.29, 0.717) is 28.0 Å². The molecule has 0 radical (unpaired) electrons. The van der Waals surface area contributed by atoms with Gasteiger partial charge in [0.15, 0.2) is 5.82 Å². The van der Waals surface area contributed by atoms with E-state index in [4.69, 9.17) is 21.7 Å². The molecule has 1 aliphatic rings. The molecular weight excluding hydrogens is 599 g/mol. The monoisotopic (exact) mass is 629 g/mol. The Morgan fingerprint density at radius 2 is 1.91 bits per heavy atom. The van der Waals surface area contributed by atoms with Crippen LogP contribution in [-0.2, 0) is 11.9 Å². The van der Waals surface area contributed by atoms with Crippen LogP contribution in [-0.4, -0.2) is 71.5 Å². The molecule has 0 aliphatic carbocycles. The number of alkyl halides is 3. The smallest absolute Gasteiger partial charge is 0.396 e. The number of rotatable bonds is 8. The molecule has 0 spiro atoms. The first-order valence-electron chi connectivity index (χ1n) is 13.8. The molecule has 43 heavy (non-hydrogen) atoms. The number of likely N-dealkylation sites (N-methyl/N-ethyl adjacent to an activating group) is 1. The molecule has 4 aromatic rings. The van der Waals surface area contributed by atoms with Gasteiger partial charge >= 0.3 is 6.18 Å². The van der Waals surface area contributed by atoms with E-state index in [1.165, 1.54) is 12.3 Å². The standard InChI is InChI=1S/C31H31ClF3N5O2S/c1-38-10-3-11-39(13-12-38)24-7-9-28-25(18-24)30(42)40(36-19-21-6-8-27(32)26(17-21)31(33,34)35)29(37-28)23-5-2-4-22(16-23)20-43-15-14-41/h2,4-9,16-19,41H,3,10-15,20H2,1H3. The van der Waals surface area contributed by atoms with Crippen molar-refractivity contribution in [3.05, 3.63) is 92.7 Å². The van der Waals surface area contributed by atoms with Crippen molar-refractivity contribution in [3.63, 3.8) is 0 Å². The molecule has 1 saturated heterocycles. The summed E-state index contributed by atoms with van der Waals surface area (Å²) < 4.78 is 41.6. The number of benzene rings is 3. The van der Waals surface area contributed by atoms with Crippen LogP contribution in [0.5, 0.6) is 0 Å². The molecule has 1 aliphatic heterocycles. The first kappa shape index (κ1) is 31.1. The minimum Gasteiger partial charge on any atom is -0.396 e. The highest BCUT2D eigenvalue weighted by Gasteiger charge is 2.33. The molecule has 0 unspecified atom stereocenters. The first-order chi connectivity index (χ1) is 20.6. The van der Waals surface area contributed by atoms with Crippen molar-refractivity contribution < 1.29 is 18.3 Å². The lowest BCUT2D eigenvalue weighted by molar-refractivity contribution is -0.137. The maximum absolute atomic E-state index is 14.0. The fraction of sp³-hybridized carbons (Fsp3) is 0.323. The van der Waals surface area contributed by atoms with Crippen molar-refractivity contribution in [3.8, 4) is 11.4 Å². The van der Waals surface area contributed by atoms with Crippen LogP contribution >= 0.6 is 23.4 Å². The van der Waals surface area contributed by atoms with E-state index in [1.54, 1.807) is 11.8 Å². The molecule has 0 amide bonds. The van der Waals surface area contributed by atoms with Crippen molar-refractivity contribution in [2.24, 2.45) is 5.10 Å². The number of hydrogen-bond donors (Lipinski definition) is 1. The zero-order valence-electron chi connectivity index (χ0n) is 23.5. The number of fused-ring (bicyclic) bond motifs is 1. The van der Waals surface area contributed by atoms with E-state index in [0.717, 1.165) is 60.7 Å². The van der Waals surface area contributed by atoms with Crippen LogP contribution in [0.1, 0.15) is 23.1 Å². The number of anilines is 1. The van der Waals surface area contributed by atoms with Gasteiger partial charge in [0.2, 0.25) is 0 Å². The van der Waals surface area contributed by atoms with Crippen LogP contribution in [0, 0.1) is 0 Å². The van der Waals surface area contributed by atoms with E-state index < -0.39 is 22.3 Å². The highest BCUT2D eigenvalue weighted by Crippen LogP contribution is 2.35. The van der Waals surface area contributed by atoms with Crippen LogP contribution in [0.15, 0.2) is 70.6 Å². The molecule has 0 atom stereocenters. The van der Waals surface area contributed by atoms with Gasteiger partial charge in [0.05, 0.1) is 34.3 Å². The van der Waals surface area contributed by atoms with Gasteiger partial charge in [-0.05, 0) is 67.5 Å². The van der Waals surface area contributed by atoms with Gasteiger partial charge in [0.1, 0.15) is 0 Å². The van der Waals surface area contributed by atoms with Crippen molar-refractivity contribution in [1.29, 1.82) is 0 Å². The Hall–Kier alpha value is -3.38. The van der Waals surface area contributed by atoms with Crippen LogP contribution < -0.4 is 10.5 Å². The molecule has 2 heterocycles. The fourth-order valence-electron chi connectivity index (χ4n) is 4.98. The zero-order valence-corrected chi connectivity index (χ0v) is 25.1. The normalized spacial score (nSPS) is 15.0. The van der Waals surface area contributed by atoms with Crippen molar-refractivity contribution >= 4 is 46.2 Å². The van der Waals surface area contributed by atoms with Gasteiger partial charge in [-0.1, -0.05) is 35.9 Å². The van der Waals surface area contributed by atoms with Crippen molar-refractivity contribution in [2.45, 2.75) is 18.3 Å². The molecule has 0 bridgehead atoms. The number of halogens is 4. The van der Waals surface area contributed by atoms with E-state index in [-0.39, 0.29) is 18.0 Å². The molecule has 5 rings (SSSR count). The number of aromatic nitrogens is 2. The van der Waals surface area contributed by atoms with Crippen LogP contribution in [0.4, 0.5) is 18.9 Å². The lowest BCUT2D eigenvalue weighted by Crippen LogP contribution is -2.29. The fourth-order valence-corrected chi connectivity index (χ4v) is 5.89. The van der Waals surface area contributed by atoms with Gasteiger partial charge in [-0.2, -0.15) is 34.7 Å². The van der Waals surface area contributed by atoms with Crippen LogP contribution in [0.3, 0.4) is 0 Å². The van der Waals surface area contributed by atoms with Gasteiger partial charge in [-0.15, -0.1) is 0 Å². The summed E-state index contributed by atoms with van der Waals surface area (Å²) >= 11 is 7.37. The third-order valence-corrected chi connectivity index (χ3v) is 8.56. The summed E-state index contributed by atoms with van der Waals surface area (Å²) in [4.78, 5) is 23.4. The summed E-state index contributed by atoms with van der Waals surface area (Å²) in [5, 5.41) is 13.5. The van der Waals surface area contributed by atoms with E-state index in [2.05, 4.69) is 21.9 Å². The molecule has 1 aromatic heterocycles. The maximum Gasteiger partial charge on any atom is 0.417 e. The molecule has 226 valence electrons. The number of aliphatic hydroxyl groups excluding tert-OH is 1. The first-order valence-corrected chi connectivity index (χ1v) is 15.4. The van der Waals surface area contributed by atoms with Gasteiger partial charge in [-0.3, -0.25) is 4.79 Å². The minimum absolute atomic E-state index is 0.0711. The van der Waals surface area contributed by atoms with E-state index in [9.17, 15) is 18.0 Å². The minimum atomic E-state index is -4.64. The van der Waals surface area contributed by atoms with Gasteiger partial charge < -0.3 is 14.9 Å². The topological polar surface area (TPSA) is 74.0 Å². The second-order valence-corrected chi connectivity index (χ2v) is 11.9. The predicted molar refractivity (Wildman–Crippen MR) is 168 cm³/mol. The third-order valence-electron chi connectivity index (χ3n) is 7.22. The summed E-state index contributed by atoms with van der Waals surface area (Å²) in [6.45, 7) is 3.64. The van der Waals surface area contributed by atoms with Crippen LogP contribution in [0.2, 0.25) is 5.02 Å². The average molecular weight is 630 g/mol.